The Hall–Kier alpha value is -2.10. The summed E-state index contributed by atoms with van der Waals surface area (Å²) in [6.07, 6.45) is 1.77. The number of pyridine rings is 1. The van der Waals surface area contributed by atoms with Gasteiger partial charge >= 0.3 is 0 Å². The smallest absolute Gasteiger partial charge is 0.142 e. The van der Waals surface area contributed by atoms with Gasteiger partial charge in [-0.25, -0.2) is 0 Å². The van der Waals surface area contributed by atoms with E-state index in [1.165, 1.54) is 0 Å². The molecule has 106 valence electrons. The summed E-state index contributed by atoms with van der Waals surface area (Å²) >= 11 is 5.99. The van der Waals surface area contributed by atoms with Crippen LogP contribution in [-0.2, 0) is 6.54 Å². The summed E-state index contributed by atoms with van der Waals surface area (Å²) in [6.45, 7) is 2.34. The van der Waals surface area contributed by atoms with Gasteiger partial charge in [0.15, 0.2) is 0 Å². The maximum absolute atomic E-state index is 6.12. The molecule has 0 saturated carbocycles. The third kappa shape index (κ3) is 2.71. The van der Waals surface area contributed by atoms with Crippen LogP contribution in [0.25, 0.3) is 10.9 Å². The monoisotopic (exact) mass is 298 g/mol. The van der Waals surface area contributed by atoms with Crippen LogP contribution in [0, 0.1) is 6.92 Å². The van der Waals surface area contributed by atoms with Crippen LogP contribution in [0.3, 0.4) is 0 Å². The topological polar surface area (TPSA) is 48.1 Å². The van der Waals surface area contributed by atoms with E-state index < -0.39 is 0 Å². The van der Waals surface area contributed by atoms with Crippen LogP contribution in [-0.4, -0.2) is 4.98 Å². The number of halogens is 1. The second-order valence-corrected chi connectivity index (χ2v) is 5.28. The fraction of sp³-hybridized carbons (Fsp3) is 0.118. The van der Waals surface area contributed by atoms with Crippen molar-refractivity contribution in [1.29, 1.82) is 0 Å². The molecule has 21 heavy (non-hydrogen) atoms. The van der Waals surface area contributed by atoms with Crippen molar-refractivity contribution in [2.45, 2.75) is 13.5 Å². The fourth-order valence-electron chi connectivity index (χ4n) is 2.26. The summed E-state index contributed by atoms with van der Waals surface area (Å²) in [5, 5.41) is 1.65. The molecule has 3 rings (SSSR count). The van der Waals surface area contributed by atoms with Crippen molar-refractivity contribution in [1.82, 2.24) is 4.98 Å². The quantitative estimate of drug-likeness (QED) is 0.777. The minimum Gasteiger partial charge on any atom is -0.456 e. The first kappa shape index (κ1) is 13.9. The summed E-state index contributed by atoms with van der Waals surface area (Å²) in [6, 6.07) is 13.4. The molecule has 4 heteroatoms. The van der Waals surface area contributed by atoms with Crippen molar-refractivity contribution in [2.75, 3.05) is 0 Å². The van der Waals surface area contributed by atoms with Gasteiger partial charge in [-0.05, 0) is 42.8 Å². The van der Waals surface area contributed by atoms with Gasteiger partial charge in [-0.1, -0.05) is 23.7 Å². The van der Waals surface area contributed by atoms with Crippen LogP contribution < -0.4 is 10.5 Å². The molecule has 0 radical (unpaired) electrons. The highest BCUT2D eigenvalue weighted by molar-refractivity contribution is 6.30. The van der Waals surface area contributed by atoms with Crippen LogP contribution in [0.1, 0.15) is 11.1 Å². The van der Waals surface area contributed by atoms with Crippen LogP contribution in [0.5, 0.6) is 11.5 Å². The maximum Gasteiger partial charge on any atom is 0.142 e. The highest BCUT2D eigenvalue weighted by Crippen LogP contribution is 2.34. The van der Waals surface area contributed by atoms with Crippen LogP contribution >= 0.6 is 11.6 Å². The third-order valence-corrected chi connectivity index (χ3v) is 3.60. The Morgan fingerprint density at radius 3 is 2.76 bits per heavy atom. The number of fused-ring (bicyclic) bond motifs is 1. The number of rotatable bonds is 3. The normalized spacial score (nSPS) is 10.8. The summed E-state index contributed by atoms with van der Waals surface area (Å²) in [4.78, 5) is 4.41. The highest BCUT2D eigenvalue weighted by Gasteiger charge is 2.11. The number of para-hydroxylation sites is 1. The molecule has 0 aliphatic rings. The zero-order valence-corrected chi connectivity index (χ0v) is 12.4. The lowest BCUT2D eigenvalue weighted by Gasteiger charge is -2.14. The average molecular weight is 299 g/mol. The first-order valence-electron chi connectivity index (χ1n) is 6.69. The number of hydrogen-bond donors (Lipinski definition) is 1. The average Bonchev–Trinajstić information content (AvgIpc) is 2.50. The van der Waals surface area contributed by atoms with E-state index in [0.717, 1.165) is 33.5 Å². The Labute approximate surface area is 128 Å². The SMILES string of the molecule is Cc1cc(Cl)ccc1Oc1c(CN)cnc2ccccc12. The minimum atomic E-state index is 0.375. The first-order chi connectivity index (χ1) is 10.2. The van der Waals surface area contributed by atoms with Gasteiger partial charge in [-0.3, -0.25) is 4.98 Å². The lowest BCUT2D eigenvalue weighted by Crippen LogP contribution is -2.01. The zero-order valence-electron chi connectivity index (χ0n) is 11.6. The Kier molecular flexibility index (Phi) is 3.78. The minimum absolute atomic E-state index is 0.375. The van der Waals surface area contributed by atoms with Crippen LogP contribution in [0.15, 0.2) is 48.7 Å². The molecule has 3 aromatic rings. The van der Waals surface area contributed by atoms with Gasteiger partial charge in [0.1, 0.15) is 11.5 Å². The Balaban J connectivity index is 2.14. The summed E-state index contributed by atoms with van der Waals surface area (Å²) in [5.41, 5.74) is 8.56. The summed E-state index contributed by atoms with van der Waals surface area (Å²) < 4.78 is 6.12. The molecular formula is C17H15ClN2O. The predicted octanol–water partition coefficient (Wildman–Crippen LogP) is 4.45. The lowest BCUT2D eigenvalue weighted by molar-refractivity contribution is 0.478. The molecule has 0 unspecified atom stereocenters. The van der Waals surface area contributed by atoms with Gasteiger partial charge in [0.2, 0.25) is 0 Å². The van der Waals surface area contributed by atoms with Crippen molar-refractivity contribution in [2.24, 2.45) is 5.73 Å². The van der Waals surface area contributed by atoms with Gasteiger partial charge in [-0.2, -0.15) is 0 Å². The van der Waals surface area contributed by atoms with Gasteiger partial charge < -0.3 is 10.5 Å². The van der Waals surface area contributed by atoms with E-state index in [0.29, 0.717) is 11.6 Å². The second-order valence-electron chi connectivity index (χ2n) is 4.85. The van der Waals surface area contributed by atoms with Crippen LogP contribution in [0.4, 0.5) is 0 Å². The van der Waals surface area contributed by atoms with E-state index in [9.17, 15) is 0 Å². The number of aromatic nitrogens is 1. The molecule has 3 nitrogen and oxygen atoms in total. The molecule has 1 aromatic heterocycles. The first-order valence-corrected chi connectivity index (χ1v) is 7.07. The molecule has 2 aromatic carbocycles. The number of nitrogens with zero attached hydrogens (tertiary/aromatic N) is 1. The number of hydrogen-bond acceptors (Lipinski definition) is 3. The standard InChI is InChI=1S/C17H15ClN2O/c1-11-8-13(18)6-7-16(11)21-17-12(9-19)10-20-15-5-3-2-4-14(15)17/h2-8,10H,9,19H2,1H3. The predicted molar refractivity (Wildman–Crippen MR) is 85.9 cm³/mol. The van der Waals surface area contributed by atoms with Crippen molar-refractivity contribution in [3.05, 3.63) is 64.8 Å². The molecule has 0 saturated heterocycles. The largest absolute Gasteiger partial charge is 0.456 e. The lowest BCUT2D eigenvalue weighted by atomic mass is 10.1. The van der Waals surface area contributed by atoms with E-state index in [2.05, 4.69) is 4.98 Å². The van der Waals surface area contributed by atoms with Crippen LogP contribution in [0.2, 0.25) is 5.02 Å². The van der Waals surface area contributed by atoms with Gasteiger partial charge in [-0.15, -0.1) is 0 Å². The maximum atomic E-state index is 6.12. The van der Waals surface area contributed by atoms with Crippen molar-refractivity contribution in [3.63, 3.8) is 0 Å². The molecular weight excluding hydrogens is 284 g/mol. The van der Waals surface area contributed by atoms with Gasteiger partial charge in [0, 0.05) is 28.7 Å². The van der Waals surface area contributed by atoms with E-state index in [-0.39, 0.29) is 0 Å². The third-order valence-electron chi connectivity index (χ3n) is 3.37. The molecule has 0 spiro atoms. The molecule has 0 fully saturated rings. The van der Waals surface area contributed by atoms with Crippen molar-refractivity contribution >= 4 is 22.5 Å². The number of ether oxygens (including phenoxy) is 1. The summed E-state index contributed by atoms with van der Waals surface area (Å²) in [7, 11) is 0. The van der Waals surface area contributed by atoms with E-state index >= 15 is 0 Å². The molecule has 1 heterocycles. The summed E-state index contributed by atoms with van der Waals surface area (Å²) in [5.74, 6) is 1.53. The molecule has 0 bridgehead atoms. The van der Waals surface area contributed by atoms with Crippen molar-refractivity contribution in [3.8, 4) is 11.5 Å². The van der Waals surface area contributed by atoms with Gasteiger partial charge in [0.25, 0.3) is 0 Å². The van der Waals surface area contributed by atoms with E-state index in [1.54, 1.807) is 6.20 Å². The zero-order chi connectivity index (χ0) is 14.8. The van der Waals surface area contributed by atoms with E-state index in [1.807, 2.05) is 49.4 Å². The molecule has 0 amide bonds. The van der Waals surface area contributed by atoms with Gasteiger partial charge in [0.05, 0.1) is 5.52 Å². The molecule has 0 aliphatic heterocycles. The number of benzene rings is 2. The Bertz CT molecular complexity index is 802. The molecule has 2 N–H and O–H groups in total. The molecule has 0 atom stereocenters. The Morgan fingerprint density at radius 2 is 2.00 bits per heavy atom. The second kappa shape index (κ2) is 5.72. The number of aryl methyl sites for hydroxylation is 1. The Morgan fingerprint density at radius 1 is 1.19 bits per heavy atom. The van der Waals surface area contributed by atoms with Crippen molar-refractivity contribution < 1.29 is 4.74 Å². The van der Waals surface area contributed by atoms with E-state index in [4.69, 9.17) is 22.1 Å². The number of nitrogens with two attached hydrogens (primary N) is 1. The fourth-order valence-corrected chi connectivity index (χ4v) is 2.49. The molecule has 0 aliphatic carbocycles. The highest BCUT2D eigenvalue weighted by atomic mass is 35.5.